The lowest BCUT2D eigenvalue weighted by Crippen LogP contribution is -2.50. The second kappa shape index (κ2) is 8.62. The highest BCUT2D eigenvalue weighted by atomic mass is 32.2. The molecule has 0 unspecified atom stereocenters. The Labute approximate surface area is 134 Å². The molecule has 0 aliphatic rings. The third-order valence-electron chi connectivity index (χ3n) is 3.82. The normalized spacial score (nSPS) is 15.2. The van der Waals surface area contributed by atoms with Crippen molar-refractivity contribution < 1.29 is 8.42 Å². The molecule has 1 rings (SSSR count). The molecule has 0 saturated heterocycles. The summed E-state index contributed by atoms with van der Waals surface area (Å²) >= 11 is 0. The predicted molar refractivity (Wildman–Crippen MR) is 91.1 cm³/mol. The van der Waals surface area contributed by atoms with Gasteiger partial charge in [0.05, 0.1) is 4.90 Å². The van der Waals surface area contributed by atoms with Crippen LogP contribution < -0.4 is 15.8 Å². The van der Waals surface area contributed by atoms with Gasteiger partial charge in [-0.3, -0.25) is 0 Å². The highest BCUT2D eigenvalue weighted by Gasteiger charge is 2.23. The van der Waals surface area contributed by atoms with Crippen molar-refractivity contribution in [2.24, 2.45) is 17.6 Å². The van der Waals surface area contributed by atoms with Gasteiger partial charge in [0.25, 0.3) is 0 Å². The third kappa shape index (κ3) is 5.68. The van der Waals surface area contributed by atoms with Crippen LogP contribution in [0.5, 0.6) is 0 Å². The molecule has 4 N–H and O–H groups in total. The lowest BCUT2D eigenvalue weighted by Gasteiger charge is -2.27. The van der Waals surface area contributed by atoms with E-state index in [1.54, 1.807) is 30.3 Å². The van der Waals surface area contributed by atoms with E-state index < -0.39 is 10.0 Å². The zero-order chi connectivity index (χ0) is 16.8. The maximum absolute atomic E-state index is 12.4. The van der Waals surface area contributed by atoms with E-state index in [4.69, 9.17) is 5.73 Å². The van der Waals surface area contributed by atoms with Gasteiger partial charge >= 0.3 is 0 Å². The Hall–Kier alpha value is -0.950. The lowest BCUT2D eigenvalue weighted by atomic mass is 10.0. The maximum Gasteiger partial charge on any atom is 0.240 e. The van der Waals surface area contributed by atoms with Crippen LogP contribution in [0.1, 0.15) is 27.7 Å². The van der Waals surface area contributed by atoms with E-state index in [1.807, 2.05) is 13.8 Å². The van der Waals surface area contributed by atoms with Crippen LogP contribution in [0, 0.1) is 11.8 Å². The van der Waals surface area contributed by atoms with Gasteiger partial charge in [0.15, 0.2) is 0 Å². The van der Waals surface area contributed by atoms with Crippen LogP contribution >= 0.6 is 0 Å². The first-order valence-electron chi connectivity index (χ1n) is 7.78. The summed E-state index contributed by atoms with van der Waals surface area (Å²) in [6, 6.07) is 8.45. The van der Waals surface area contributed by atoms with Crippen LogP contribution in [0.25, 0.3) is 0 Å². The highest BCUT2D eigenvalue weighted by molar-refractivity contribution is 7.89. The summed E-state index contributed by atoms with van der Waals surface area (Å²) in [4.78, 5) is 0.292. The fourth-order valence-corrected chi connectivity index (χ4v) is 3.56. The molecule has 1 aromatic carbocycles. The molecule has 2 atom stereocenters. The summed E-state index contributed by atoms with van der Waals surface area (Å²) in [5.41, 5.74) is 5.75. The van der Waals surface area contributed by atoms with E-state index in [2.05, 4.69) is 23.9 Å². The molecule has 0 amide bonds. The Balaban J connectivity index is 2.76. The van der Waals surface area contributed by atoms with Crippen molar-refractivity contribution in [2.75, 3.05) is 13.1 Å². The second-order valence-electron chi connectivity index (χ2n) is 6.28. The SMILES string of the molecule is CC(C)[C@H](CN)NC[C@H](NS(=O)(=O)c1ccccc1)C(C)C. The standard InChI is InChI=1S/C16H29N3O2S/c1-12(2)15(10-17)18-11-16(13(3)4)19-22(20,21)14-8-6-5-7-9-14/h5-9,12-13,15-16,18-19H,10-11,17H2,1-4H3/t15-,16-/m0/s1. The van der Waals surface area contributed by atoms with Crippen LogP contribution in [-0.2, 0) is 10.0 Å². The van der Waals surface area contributed by atoms with Gasteiger partial charge in [-0.15, -0.1) is 0 Å². The summed E-state index contributed by atoms with van der Waals surface area (Å²) in [5.74, 6) is 0.583. The third-order valence-corrected chi connectivity index (χ3v) is 5.33. The first kappa shape index (κ1) is 19.1. The number of nitrogens with one attached hydrogen (secondary N) is 2. The quantitative estimate of drug-likeness (QED) is 0.643. The van der Waals surface area contributed by atoms with Crippen molar-refractivity contribution in [2.45, 2.75) is 44.7 Å². The Morgan fingerprint density at radius 1 is 1.00 bits per heavy atom. The van der Waals surface area contributed by atoms with E-state index in [0.717, 1.165) is 0 Å². The minimum Gasteiger partial charge on any atom is -0.329 e. The van der Waals surface area contributed by atoms with Crippen molar-refractivity contribution in [3.8, 4) is 0 Å². The average molecular weight is 327 g/mol. The van der Waals surface area contributed by atoms with Crippen molar-refractivity contribution in [1.29, 1.82) is 0 Å². The Kier molecular flexibility index (Phi) is 7.48. The highest BCUT2D eigenvalue weighted by Crippen LogP contribution is 2.11. The molecular formula is C16H29N3O2S. The maximum atomic E-state index is 12.4. The van der Waals surface area contributed by atoms with Crippen LogP contribution in [0.15, 0.2) is 35.2 Å². The Bertz CT molecular complexity index is 530. The summed E-state index contributed by atoms with van der Waals surface area (Å²) in [6.45, 7) is 9.31. The van der Waals surface area contributed by atoms with E-state index in [9.17, 15) is 8.42 Å². The van der Waals surface area contributed by atoms with Gasteiger partial charge in [-0.25, -0.2) is 13.1 Å². The number of sulfonamides is 1. The molecule has 0 aliphatic heterocycles. The summed E-state index contributed by atoms with van der Waals surface area (Å²) in [6.07, 6.45) is 0. The first-order valence-corrected chi connectivity index (χ1v) is 9.27. The predicted octanol–water partition coefficient (Wildman–Crippen LogP) is 1.56. The molecule has 126 valence electrons. The van der Waals surface area contributed by atoms with Gasteiger partial charge in [-0.2, -0.15) is 0 Å². The molecule has 1 aromatic rings. The number of hydrogen-bond acceptors (Lipinski definition) is 4. The largest absolute Gasteiger partial charge is 0.329 e. The molecule has 0 aliphatic carbocycles. The zero-order valence-corrected chi connectivity index (χ0v) is 14.7. The minimum atomic E-state index is -3.50. The number of benzene rings is 1. The van der Waals surface area contributed by atoms with Gasteiger partial charge in [0, 0.05) is 25.2 Å². The fourth-order valence-electron chi connectivity index (χ4n) is 2.15. The van der Waals surface area contributed by atoms with E-state index >= 15 is 0 Å². The van der Waals surface area contributed by atoms with Gasteiger partial charge in [-0.1, -0.05) is 45.9 Å². The van der Waals surface area contributed by atoms with Gasteiger partial charge in [-0.05, 0) is 24.0 Å². The Morgan fingerprint density at radius 2 is 1.55 bits per heavy atom. The summed E-state index contributed by atoms with van der Waals surface area (Å²) < 4.78 is 27.7. The smallest absolute Gasteiger partial charge is 0.240 e. The fraction of sp³-hybridized carbons (Fsp3) is 0.625. The molecule has 0 fully saturated rings. The van der Waals surface area contributed by atoms with Crippen molar-refractivity contribution >= 4 is 10.0 Å². The van der Waals surface area contributed by atoms with E-state index in [0.29, 0.717) is 23.9 Å². The molecule has 0 heterocycles. The number of hydrogen-bond donors (Lipinski definition) is 3. The van der Waals surface area contributed by atoms with Crippen molar-refractivity contribution in [3.05, 3.63) is 30.3 Å². The van der Waals surface area contributed by atoms with Gasteiger partial charge < -0.3 is 11.1 Å². The average Bonchev–Trinajstić information content (AvgIpc) is 2.47. The molecule has 0 bridgehead atoms. The number of rotatable bonds is 9. The zero-order valence-electron chi connectivity index (χ0n) is 13.9. The van der Waals surface area contributed by atoms with E-state index in [-0.39, 0.29) is 18.0 Å². The molecule has 22 heavy (non-hydrogen) atoms. The topological polar surface area (TPSA) is 84.2 Å². The first-order chi connectivity index (χ1) is 10.3. The van der Waals surface area contributed by atoms with Crippen LogP contribution in [0.3, 0.4) is 0 Å². The molecule has 0 saturated carbocycles. The van der Waals surface area contributed by atoms with Crippen LogP contribution in [0.2, 0.25) is 0 Å². The van der Waals surface area contributed by atoms with Gasteiger partial charge in [0.2, 0.25) is 10.0 Å². The molecule has 0 spiro atoms. The molecule has 0 radical (unpaired) electrons. The summed E-state index contributed by atoms with van der Waals surface area (Å²) in [7, 11) is -3.50. The molecule has 5 nitrogen and oxygen atoms in total. The van der Waals surface area contributed by atoms with Crippen molar-refractivity contribution in [3.63, 3.8) is 0 Å². The van der Waals surface area contributed by atoms with E-state index in [1.165, 1.54) is 0 Å². The Morgan fingerprint density at radius 3 is 2.00 bits per heavy atom. The van der Waals surface area contributed by atoms with Gasteiger partial charge in [0.1, 0.15) is 0 Å². The molecule has 6 heteroatoms. The van der Waals surface area contributed by atoms with Crippen LogP contribution in [-0.4, -0.2) is 33.6 Å². The van der Waals surface area contributed by atoms with Crippen LogP contribution in [0.4, 0.5) is 0 Å². The minimum absolute atomic E-state index is 0.177. The van der Waals surface area contributed by atoms with Crippen molar-refractivity contribution in [1.82, 2.24) is 10.0 Å². The monoisotopic (exact) mass is 327 g/mol. The summed E-state index contributed by atoms with van der Waals surface area (Å²) in [5, 5.41) is 3.37. The second-order valence-corrected chi connectivity index (χ2v) is 7.99. The molecular weight excluding hydrogens is 298 g/mol. The number of nitrogens with two attached hydrogens (primary N) is 1. The molecule has 0 aromatic heterocycles. The lowest BCUT2D eigenvalue weighted by molar-refractivity contribution is 0.354.